The van der Waals surface area contributed by atoms with E-state index >= 15 is 0 Å². The van der Waals surface area contributed by atoms with Crippen molar-refractivity contribution in [1.82, 2.24) is 0 Å². The second-order valence-corrected chi connectivity index (χ2v) is 14.0. The summed E-state index contributed by atoms with van der Waals surface area (Å²) in [6, 6.07) is 23.0. The van der Waals surface area contributed by atoms with Crippen LogP contribution in [0.5, 0.6) is 0 Å². The molecule has 7 heteroatoms. The van der Waals surface area contributed by atoms with E-state index in [4.69, 9.17) is 4.74 Å². The van der Waals surface area contributed by atoms with Crippen LogP contribution in [0.15, 0.2) is 106 Å². The van der Waals surface area contributed by atoms with Gasteiger partial charge in [-0.25, -0.2) is 0 Å². The van der Waals surface area contributed by atoms with Gasteiger partial charge in [0.25, 0.3) is 0 Å². The Balaban J connectivity index is 1.42. The molecule has 6 nitrogen and oxygen atoms in total. The van der Waals surface area contributed by atoms with E-state index in [9.17, 15) is 15.0 Å². The predicted molar refractivity (Wildman–Crippen MR) is 183 cm³/mol. The summed E-state index contributed by atoms with van der Waals surface area (Å²) in [4.78, 5) is 16.0. The molecule has 45 heavy (non-hydrogen) atoms. The van der Waals surface area contributed by atoms with Crippen LogP contribution in [0.4, 0.5) is 11.4 Å². The zero-order chi connectivity index (χ0) is 32.1. The third-order valence-corrected chi connectivity index (χ3v) is 9.83. The lowest BCUT2D eigenvalue weighted by Gasteiger charge is -2.29. The topological polar surface area (TPSA) is 73.0 Å². The fourth-order valence-corrected chi connectivity index (χ4v) is 7.20. The summed E-state index contributed by atoms with van der Waals surface area (Å²) >= 11 is 3.62. The van der Waals surface area contributed by atoms with Crippen LogP contribution in [0.3, 0.4) is 0 Å². The van der Waals surface area contributed by atoms with Crippen LogP contribution in [0, 0.1) is 6.92 Å². The van der Waals surface area contributed by atoms with Crippen molar-refractivity contribution in [2.45, 2.75) is 52.0 Å². The van der Waals surface area contributed by atoms with Crippen molar-refractivity contribution in [1.29, 1.82) is 0 Å². The molecular formula is C38H40BrN2O4+. The SMILES string of the molecule is Cc1ccc2c(c1)C(C)(C)C(/C=C1/C(=O)C(/C=C3\N(CCOCCO)c4ccc(Br)cc4C3(C)C)=C1O)=[N+]2Cc1ccccc1. The second-order valence-electron chi connectivity index (χ2n) is 13.1. The van der Waals surface area contributed by atoms with Crippen LogP contribution in [0.25, 0.3) is 0 Å². The Morgan fingerprint density at radius 3 is 2.40 bits per heavy atom. The number of anilines is 1. The van der Waals surface area contributed by atoms with E-state index in [0.717, 1.165) is 32.8 Å². The summed E-state index contributed by atoms with van der Waals surface area (Å²) < 4.78 is 8.86. The van der Waals surface area contributed by atoms with Crippen LogP contribution >= 0.6 is 15.9 Å². The molecule has 6 rings (SSSR count). The molecule has 0 amide bonds. The van der Waals surface area contributed by atoms with Gasteiger partial charge in [0.05, 0.1) is 36.4 Å². The molecule has 0 atom stereocenters. The first-order valence-corrected chi connectivity index (χ1v) is 16.2. The summed E-state index contributed by atoms with van der Waals surface area (Å²) in [5.74, 6) is -0.147. The maximum atomic E-state index is 13.9. The normalized spacial score (nSPS) is 19.9. The lowest BCUT2D eigenvalue weighted by molar-refractivity contribution is -0.455. The first-order valence-electron chi connectivity index (χ1n) is 15.4. The van der Waals surface area contributed by atoms with Crippen molar-refractivity contribution in [2.75, 3.05) is 31.3 Å². The van der Waals surface area contributed by atoms with Crippen molar-refractivity contribution in [3.8, 4) is 0 Å². The van der Waals surface area contributed by atoms with E-state index in [2.05, 4.69) is 102 Å². The number of carbonyl (C=O) groups excluding carboxylic acids is 1. The lowest BCUT2D eigenvalue weighted by Crippen LogP contribution is -2.32. The monoisotopic (exact) mass is 667 g/mol. The highest BCUT2D eigenvalue weighted by Gasteiger charge is 2.47. The van der Waals surface area contributed by atoms with E-state index in [0.29, 0.717) is 30.8 Å². The Morgan fingerprint density at radius 1 is 0.933 bits per heavy atom. The van der Waals surface area contributed by atoms with Gasteiger partial charge < -0.3 is 19.8 Å². The number of aliphatic hydroxyl groups excluding tert-OH is 2. The molecule has 2 N–H and O–H groups in total. The van der Waals surface area contributed by atoms with Crippen LogP contribution in [-0.4, -0.2) is 52.6 Å². The number of halogens is 1. The lowest BCUT2D eigenvalue weighted by atomic mass is 9.77. The molecule has 0 radical (unpaired) electrons. The van der Waals surface area contributed by atoms with Crippen LogP contribution < -0.4 is 4.90 Å². The fraction of sp³-hybridized carbons (Fsp3) is 0.316. The van der Waals surface area contributed by atoms with Crippen molar-refractivity contribution < 1.29 is 24.3 Å². The average molecular weight is 669 g/mol. The Labute approximate surface area is 273 Å². The van der Waals surface area contributed by atoms with Crippen LogP contribution in [-0.2, 0) is 26.9 Å². The number of rotatable bonds is 9. The molecule has 2 aliphatic heterocycles. The molecule has 3 aliphatic rings. The molecule has 0 saturated carbocycles. The van der Waals surface area contributed by atoms with Gasteiger partial charge in [-0.2, -0.15) is 4.58 Å². The smallest absolute Gasteiger partial charge is 0.210 e. The highest BCUT2D eigenvalue weighted by Crippen LogP contribution is 2.50. The van der Waals surface area contributed by atoms with Crippen LogP contribution in [0.2, 0.25) is 0 Å². The zero-order valence-electron chi connectivity index (χ0n) is 26.5. The fourth-order valence-electron chi connectivity index (χ4n) is 6.84. The van der Waals surface area contributed by atoms with Gasteiger partial charge in [0.1, 0.15) is 5.76 Å². The number of aliphatic hydroxyl groups is 2. The number of carbonyl (C=O) groups is 1. The van der Waals surface area contributed by atoms with Gasteiger partial charge in [0.15, 0.2) is 12.3 Å². The number of ketones is 1. The number of nitrogens with zero attached hydrogens (tertiary/aromatic N) is 2. The Bertz CT molecular complexity index is 1810. The van der Waals surface area contributed by atoms with Gasteiger partial charge in [0.2, 0.25) is 11.5 Å². The highest BCUT2D eigenvalue weighted by atomic mass is 79.9. The van der Waals surface area contributed by atoms with E-state index in [1.807, 2.05) is 36.4 Å². The number of aryl methyl sites for hydroxylation is 1. The largest absolute Gasteiger partial charge is 0.506 e. The molecule has 0 bridgehead atoms. The molecule has 0 aromatic heterocycles. The van der Waals surface area contributed by atoms with E-state index in [1.54, 1.807) is 0 Å². The number of benzene rings is 3. The van der Waals surface area contributed by atoms with Crippen molar-refractivity contribution in [3.05, 3.63) is 128 Å². The van der Waals surface area contributed by atoms with Crippen LogP contribution in [0.1, 0.15) is 49.9 Å². The van der Waals surface area contributed by atoms with E-state index in [-0.39, 0.29) is 30.2 Å². The van der Waals surface area contributed by atoms with Crippen molar-refractivity contribution in [3.63, 3.8) is 0 Å². The molecule has 0 unspecified atom stereocenters. The first-order chi connectivity index (χ1) is 21.4. The summed E-state index contributed by atoms with van der Waals surface area (Å²) in [7, 11) is 0. The number of ether oxygens (including phenoxy) is 1. The summed E-state index contributed by atoms with van der Waals surface area (Å²) in [6.07, 6.45) is 3.74. The third kappa shape index (κ3) is 5.41. The van der Waals surface area contributed by atoms with Gasteiger partial charge in [-0.05, 0) is 56.7 Å². The molecule has 3 aromatic carbocycles. The van der Waals surface area contributed by atoms with Gasteiger partial charge in [-0.15, -0.1) is 0 Å². The molecule has 0 fully saturated rings. The molecule has 0 saturated heterocycles. The second kappa shape index (κ2) is 11.9. The summed E-state index contributed by atoms with van der Waals surface area (Å²) in [5, 5.41) is 20.6. The third-order valence-electron chi connectivity index (χ3n) is 9.34. The van der Waals surface area contributed by atoms with Gasteiger partial charge in [0, 0.05) is 51.1 Å². The molecule has 1 aliphatic carbocycles. The quantitative estimate of drug-likeness (QED) is 0.142. The standard InChI is InChI=1S/C38H39BrN2O4/c1-24-11-13-32-29(19-24)37(2,3)34(41(32)23-25-9-7-6-8-10-25)22-28-35(43)27(36(28)44)21-33-38(4,5)30-20-26(39)12-14-31(30)40(33)15-17-45-18-16-42/h6-14,19-22,42H,15-18,23H2,1-5H3/p+1. The van der Waals surface area contributed by atoms with Crippen molar-refractivity contribution >= 4 is 38.8 Å². The number of Topliss-reactive ketones (excluding diaryl/α,β-unsaturated/α-hetero) is 1. The predicted octanol–water partition coefficient (Wildman–Crippen LogP) is 7.35. The number of hydrogen-bond donors (Lipinski definition) is 2. The Morgan fingerprint density at radius 2 is 1.69 bits per heavy atom. The van der Waals surface area contributed by atoms with Gasteiger partial charge >= 0.3 is 0 Å². The molecule has 0 spiro atoms. The number of fused-ring (bicyclic) bond motifs is 2. The summed E-state index contributed by atoms with van der Waals surface area (Å²) in [6.45, 7) is 12.6. The molecule has 2 heterocycles. The first kappa shape index (κ1) is 31.2. The minimum atomic E-state index is -0.419. The van der Waals surface area contributed by atoms with Gasteiger partial charge in [-0.3, -0.25) is 4.79 Å². The maximum absolute atomic E-state index is 13.9. The minimum Gasteiger partial charge on any atom is -0.506 e. The minimum absolute atomic E-state index is 0.0204. The Hall–Kier alpha value is -3.78. The van der Waals surface area contributed by atoms with E-state index in [1.165, 1.54) is 16.7 Å². The van der Waals surface area contributed by atoms with Crippen molar-refractivity contribution in [2.24, 2.45) is 0 Å². The molecule has 232 valence electrons. The Kier molecular flexibility index (Phi) is 8.23. The van der Waals surface area contributed by atoms with Gasteiger partial charge in [-0.1, -0.05) is 71.7 Å². The molecular weight excluding hydrogens is 628 g/mol. The van der Waals surface area contributed by atoms with E-state index < -0.39 is 5.41 Å². The number of allylic oxidation sites excluding steroid dienone is 5. The summed E-state index contributed by atoms with van der Waals surface area (Å²) in [5.41, 5.74) is 8.60. The average Bonchev–Trinajstić information content (AvgIpc) is 3.34. The number of hydrogen-bond acceptors (Lipinski definition) is 5. The zero-order valence-corrected chi connectivity index (χ0v) is 28.1. The maximum Gasteiger partial charge on any atom is 0.210 e. The highest BCUT2D eigenvalue weighted by molar-refractivity contribution is 9.10. The molecule has 3 aromatic rings.